The summed E-state index contributed by atoms with van der Waals surface area (Å²) in [4.78, 5) is 4.47. The molecular formula is C18H17N5O2. The molecule has 0 radical (unpaired) electrons. The Morgan fingerprint density at radius 3 is 2.60 bits per heavy atom. The van der Waals surface area contributed by atoms with E-state index in [-0.39, 0.29) is 6.79 Å². The molecule has 7 nitrogen and oxygen atoms in total. The number of benzene rings is 2. The van der Waals surface area contributed by atoms with E-state index < -0.39 is 0 Å². The van der Waals surface area contributed by atoms with Gasteiger partial charge in [0.05, 0.1) is 6.20 Å². The van der Waals surface area contributed by atoms with Gasteiger partial charge in [0.25, 0.3) is 0 Å². The predicted molar refractivity (Wildman–Crippen MR) is 94.9 cm³/mol. The lowest BCUT2D eigenvalue weighted by molar-refractivity contribution is 0.174. The Morgan fingerprint density at radius 2 is 1.76 bits per heavy atom. The predicted octanol–water partition coefficient (Wildman–Crippen LogP) is 3.70. The third-order valence-corrected chi connectivity index (χ3v) is 3.92. The molecule has 2 aromatic carbocycles. The maximum atomic E-state index is 5.37. The van der Waals surface area contributed by atoms with Crippen LogP contribution in [-0.2, 0) is 0 Å². The molecule has 2 N–H and O–H groups in total. The van der Waals surface area contributed by atoms with Gasteiger partial charge in [-0.1, -0.05) is 18.2 Å². The highest BCUT2D eigenvalue weighted by Crippen LogP contribution is 2.34. The molecular weight excluding hydrogens is 318 g/mol. The second kappa shape index (κ2) is 6.27. The molecule has 0 atom stereocenters. The number of ether oxygens (including phenoxy) is 2. The van der Waals surface area contributed by atoms with Crippen molar-refractivity contribution in [3.63, 3.8) is 0 Å². The van der Waals surface area contributed by atoms with E-state index in [9.17, 15) is 0 Å². The van der Waals surface area contributed by atoms with Gasteiger partial charge in [0.1, 0.15) is 0 Å². The maximum Gasteiger partial charge on any atom is 0.249 e. The highest BCUT2D eigenvalue weighted by Gasteiger charge is 2.14. The van der Waals surface area contributed by atoms with Crippen LogP contribution in [0.1, 0.15) is 11.1 Å². The van der Waals surface area contributed by atoms with Crippen molar-refractivity contribution in [1.82, 2.24) is 15.2 Å². The van der Waals surface area contributed by atoms with Crippen LogP contribution in [0.5, 0.6) is 11.5 Å². The molecule has 25 heavy (non-hydrogen) atoms. The molecule has 0 spiro atoms. The zero-order valence-electron chi connectivity index (χ0n) is 13.9. The summed E-state index contributed by atoms with van der Waals surface area (Å²) < 4.78 is 10.7. The second-order valence-corrected chi connectivity index (χ2v) is 5.75. The molecule has 1 aromatic heterocycles. The van der Waals surface area contributed by atoms with Crippen LogP contribution in [0.2, 0.25) is 0 Å². The van der Waals surface area contributed by atoms with Crippen molar-refractivity contribution < 1.29 is 9.47 Å². The van der Waals surface area contributed by atoms with Gasteiger partial charge >= 0.3 is 0 Å². The van der Waals surface area contributed by atoms with Crippen LogP contribution < -0.4 is 20.1 Å². The van der Waals surface area contributed by atoms with Crippen LogP contribution in [-0.4, -0.2) is 22.0 Å². The summed E-state index contributed by atoms with van der Waals surface area (Å²) in [6, 6.07) is 11.7. The number of nitrogens with zero attached hydrogens (tertiary/aromatic N) is 3. The Labute approximate surface area is 145 Å². The van der Waals surface area contributed by atoms with Crippen LogP contribution >= 0.6 is 0 Å². The number of aromatic nitrogens is 3. The van der Waals surface area contributed by atoms with E-state index in [1.54, 1.807) is 6.20 Å². The molecule has 0 amide bonds. The summed E-state index contributed by atoms with van der Waals surface area (Å²) in [6.45, 7) is 4.34. The first-order valence-corrected chi connectivity index (χ1v) is 7.89. The SMILES string of the molecule is Cc1cccc(C)c1Nc1cnnc(Nc2ccc3c(c2)OCO3)n1. The van der Waals surface area contributed by atoms with Crippen molar-refractivity contribution in [3.05, 3.63) is 53.7 Å². The van der Waals surface area contributed by atoms with Crippen molar-refractivity contribution >= 4 is 23.1 Å². The minimum atomic E-state index is 0.242. The summed E-state index contributed by atoms with van der Waals surface area (Å²) in [5.41, 5.74) is 4.11. The van der Waals surface area contributed by atoms with Crippen LogP contribution in [0.4, 0.5) is 23.1 Å². The zero-order valence-corrected chi connectivity index (χ0v) is 13.9. The van der Waals surface area contributed by atoms with Gasteiger partial charge < -0.3 is 20.1 Å². The van der Waals surface area contributed by atoms with Crippen LogP contribution in [0, 0.1) is 13.8 Å². The molecule has 2 heterocycles. The van der Waals surface area contributed by atoms with E-state index in [0.29, 0.717) is 17.5 Å². The maximum absolute atomic E-state index is 5.37. The number of anilines is 4. The first kappa shape index (κ1) is 15.2. The number of para-hydroxylation sites is 1. The summed E-state index contributed by atoms with van der Waals surface area (Å²) >= 11 is 0. The van der Waals surface area contributed by atoms with Gasteiger partial charge in [-0.25, -0.2) is 0 Å². The van der Waals surface area contributed by atoms with Crippen molar-refractivity contribution in [2.45, 2.75) is 13.8 Å². The summed E-state index contributed by atoms with van der Waals surface area (Å²) in [7, 11) is 0. The fourth-order valence-corrected chi connectivity index (χ4v) is 2.66. The molecule has 0 saturated carbocycles. The van der Waals surface area contributed by atoms with E-state index in [1.165, 1.54) is 0 Å². The fraction of sp³-hybridized carbons (Fsp3) is 0.167. The van der Waals surface area contributed by atoms with Crippen molar-refractivity contribution in [2.75, 3.05) is 17.4 Å². The number of rotatable bonds is 4. The first-order valence-electron chi connectivity index (χ1n) is 7.89. The highest BCUT2D eigenvalue weighted by molar-refractivity contribution is 5.65. The Bertz CT molecular complexity index is 909. The molecule has 4 rings (SSSR count). The van der Waals surface area contributed by atoms with Crippen LogP contribution in [0.15, 0.2) is 42.6 Å². The molecule has 1 aliphatic heterocycles. The van der Waals surface area contributed by atoms with E-state index >= 15 is 0 Å². The summed E-state index contributed by atoms with van der Waals surface area (Å²) in [5, 5.41) is 14.5. The normalized spacial score (nSPS) is 12.1. The average molecular weight is 335 g/mol. The highest BCUT2D eigenvalue weighted by atomic mass is 16.7. The van der Waals surface area contributed by atoms with Gasteiger partial charge in [-0.05, 0) is 37.1 Å². The van der Waals surface area contributed by atoms with Gasteiger partial charge in [-0.2, -0.15) is 10.1 Å². The minimum absolute atomic E-state index is 0.242. The smallest absolute Gasteiger partial charge is 0.249 e. The van der Waals surface area contributed by atoms with Crippen LogP contribution in [0.3, 0.4) is 0 Å². The van der Waals surface area contributed by atoms with Gasteiger partial charge in [0.15, 0.2) is 17.3 Å². The van der Waals surface area contributed by atoms with Gasteiger partial charge in [-0.3, -0.25) is 0 Å². The fourth-order valence-electron chi connectivity index (χ4n) is 2.66. The molecule has 0 aliphatic carbocycles. The molecule has 0 saturated heterocycles. The van der Waals surface area contributed by atoms with E-state index in [1.807, 2.05) is 24.3 Å². The summed E-state index contributed by atoms with van der Waals surface area (Å²) in [6.07, 6.45) is 1.59. The van der Waals surface area contributed by atoms with Gasteiger partial charge in [0.2, 0.25) is 12.7 Å². The van der Waals surface area contributed by atoms with Crippen molar-refractivity contribution in [3.8, 4) is 11.5 Å². The topological polar surface area (TPSA) is 81.2 Å². The lowest BCUT2D eigenvalue weighted by Gasteiger charge is -2.12. The minimum Gasteiger partial charge on any atom is -0.454 e. The van der Waals surface area contributed by atoms with E-state index in [2.05, 4.69) is 51.8 Å². The number of nitrogens with one attached hydrogen (secondary N) is 2. The molecule has 126 valence electrons. The molecule has 0 fully saturated rings. The zero-order chi connectivity index (χ0) is 17.2. The summed E-state index contributed by atoms with van der Waals surface area (Å²) in [5.74, 6) is 2.45. The molecule has 1 aliphatic rings. The average Bonchev–Trinajstić information content (AvgIpc) is 3.06. The molecule has 0 unspecified atom stereocenters. The monoisotopic (exact) mass is 335 g/mol. The van der Waals surface area contributed by atoms with Gasteiger partial charge in [0, 0.05) is 17.4 Å². The quantitative estimate of drug-likeness (QED) is 0.752. The van der Waals surface area contributed by atoms with Gasteiger partial charge in [-0.15, -0.1) is 5.10 Å². The standard InChI is InChI=1S/C18H17N5O2/c1-11-4-3-5-12(2)17(11)21-16-9-19-23-18(22-16)20-13-6-7-14-15(8-13)25-10-24-14/h3-9H,10H2,1-2H3,(H2,20,21,22,23). The Balaban J connectivity index is 1.55. The number of aryl methyl sites for hydroxylation is 2. The third-order valence-electron chi connectivity index (χ3n) is 3.92. The Morgan fingerprint density at radius 1 is 0.960 bits per heavy atom. The lowest BCUT2D eigenvalue weighted by Crippen LogP contribution is -2.03. The van der Waals surface area contributed by atoms with Crippen LogP contribution in [0.25, 0.3) is 0 Å². The Hall–Kier alpha value is -3.35. The second-order valence-electron chi connectivity index (χ2n) is 5.75. The molecule has 0 bridgehead atoms. The number of hydrogen-bond donors (Lipinski definition) is 2. The third kappa shape index (κ3) is 3.16. The lowest BCUT2D eigenvalue weighted by atomic mass is 10.1. The number of fused-ring (bicyclic) bond motifs is 1. The number of hydrogen-bond acceptors (Lipinski definition) is 7. The Kier molecular flexibility index (Phi) is 3.81. The largest absolute Gasteiger partial charge is 0.454 e. The van der Waals surface area contributed by atoms with Crippen molar-refractivity contribution in [2.24, 2.45) is 0 Å². The molecule has 3 aromatic rings. The first-order chi connectivity index (χ1) is 12.2. The molecule has 7 heteroatoms. The van der Waals surface area contributed by atoms with E-state index in [4.69, 9.17) is 9.47 Å². The van der Waals surface area contributed by atoms with Crippen molar-refractivity contribution in [1.29, 1.82) is 0 Å². The van der Waals surface area contributed by atoms with E-state index in [0.717, 1.165) is 28.3 Å².